The summed E-state index contributed by atoms with van der Waals surface area (Å²) in [4.78, 5) is 38.6. The summed E-state index contributed by atoms with van der Waals surface area (Å²) < 4.78 is 2.32. The molecule has 1 fully saturated rings. The summed E-state index contributed by atoms with van der Waals surface area (Å²) in [7, 11) is 3.66. The van der Waals surface area contributed by atoms with Gasteiger partial charge in [-0.25, -0.2) is 9.29 Å². The lowest BCUT2D eigenvalue weighted by molar-refractivity contribution is -0.117. The first-order valence-corrected chi connectivity index (χ1v) is 13.3. The minimum atomic E-state index is -0.107. The number of rotatable bonds is 6. The average Bonchev–Trinajstić information content (AvgIpc) is 3.00. The summed E-state index contributed by atoms with van der Waals surface area (Å²) >= 11 is 1.72. The molecule has 3 aromatic rings. The van der Waals surface area contributed by atoms with Crippen LogP contribution in [-0.4, -0.2) is 59.3 Å². The number of benzene rings is 2. The van der Waals surface area contributed by atoms with Crippen molar-refractivity contribution >= 4 is 52.6 Å². The highest BCUT2D eigenvalue weighted by Crippen LogP contribution is 2.38. The van der Waals surface area contributed by atoms with E-state index in [1.54, 1.807) is 30.1 Å². The Kier molecular flexibility index (Phi) is 7.35. The van der Waals surface area contributed by atoms with Gasteiger partial charge in [-0.2, -0.15) is 4.98 Å². The second kappa shape index (κ2) is 10.8. The molecule has 2 N–H and O–H groups in total. The Morgan fingerprint density at radius 2 is 1.82 bits per heavy atom. The van der Waals surface area contributed by atoms with Crippen molar-refractivity contribution in [3.05, 3.63) is 72.4 Å². The molecule has 0 unspecified atom stereocenters. The lowest BCUT2D eigenvalue weighted by Gasteiger charge is -2.31. The minimum absolute atomic E-state index is 0.0857. The smallest absolute Gasteiger partial charge is 0.260 e. The standard InChI is InChI=1S/C28H31N7O2S/c1-5-25(36)30-20-12-14-35(15-13-20)38-21-9-7-19(8-10-21)31-28-29-17-24-26(32-28)33(3)23-11-6-18(2)16-22(23)27(37)34(24)4/h5-11,16-17,20H,1,12-15H2,2-4H3,(H,30,36)(H,29,31,32). The van der Waals surface area contributed by atoms with Gasteiger partial charge in [-0.1, -0.05) is 18.2 Å². The predicted octanol–water partition coefficient (Wildman–Crippen LogP) is 4.66. The zero-order valence-corrected chi connectivity index (χ0v) is 22.6. The predicted molar refractivity (Wildman–Crippen MR) is 153 cm³/mol. The van der Waals surface area contributed by atoms with E-state index in [4.69, 9.17) is 4.98 Å². The van der Waals surface area contributed by atoms with E-state index in [2.05, 4.69) is 38.6 Å². The topological polar surface area (TPSA) is 93.7 Å². The van der Waals surface area contributed by atoms with Crippen LogP contribution in [0, 0.1) is 6.92 Å². The molecule has 5 rings (SSSR count). The van der Waals surface area contributed by atoms with Crippen molar-refractivity contribution in [2.24, 2.45) is 0 Å². The summed E-state index contributed by atoms with van der Waals surface area (Å²) in [5.41, 5.74) is 4.00. The van der Waals surface area contributed by atoms with Gasteiger partial charge in [0.2, 0.25) is 11.9 Å². The average molecular weight is 530 g/mol. The van der Waals surface area contributed by atoms with Crippen molar-refractivity contribution < 1.29 is 9.59 Å². The molecule has 2 aromatic carbocycles. The molecule has 2 aliphatic rings. The van der Waals surface area contributed by atoms with Gasteiger partial charge in [-0.05, 0) is 74.2 Å². The van der Waals surface area contributed by atoms with Crippen LogP contribution in [0.15, 0.2) is 66.2 Å². The van der Waals surface area contributed by atoms with Crippen molar-refractivity contribution in [3.63, 3.8) is 0 Å². The normalized spacial score (nSPS) is 15.9. The van der Waals surface area contributed by atoms with Crippen LogP contribution in [0.5, 0.6) is 0 Å². The summed E-state index contributed by atoms with van der Waals surface area (Å²) in [5, 5.41) is 6.28. The summed E-state index contributed by atoms with van der Waals surface area (Å²) in [6.45, 7) is 7.31. The van der Waals surface area contributed by atoms with Crippen LogP contribution >= 0.6 is 11.9 Å². The number of aryl methyl sites for hydroxylation is 1. The summed E-state index contributed by atoms with van der Waals surface area (Å²) in [5.74, 6) is 0.916. The van der Waals surface area contributed by atoms with Crippen LogP contribution in [0.25, 0.3) is 0 Å². The fourth-order valence-corrected chi connectivity index (χ4v) is 5.61. The number of hydrogen-bond acceptors (Lipinski definition) is 8. The highest BCUT2D eigenvalue weighted by atomic mass is 32.2. The summed E-state index contributed by atoms with van der Waals surface area (Å²) in [6.07, 6.45) is 4.84. The first kappa shape index (κ1) is 25.7. The van der Waals surface area contributed by atoms with Crippen LogP contribution in [0.1, 0.15) is 28.8 Å². The fraction of sp³-hybridized carbons (Fsp3) is 0.286. The second-order valence-corrected chi connectivity index (χ2v) is 10.7. The van der Waals surface area contributed by atoms with E-state index in [-0.39, 0.29) is 17.9 Å². The second-order valence-electron chi connectivity index (χ2n) is 9.50. The lowest BCUT2D eigenvalue weighted by Crippen LogP contribution is -2.42. The number of hydrogen-bond donors (Lipinski definition) is 2. The van der Waals surface area contributed by atoms with Crippen molar-refractivity contribution in [1.82, 2.24) is 19.6 Å². The van der Waals surface area contributed by atoms with Gasteiger partial charge in [0.25, 0.3) is 5.91 Å². The van der Waals surface area contributed by atoms with Gasteiger partial charge in [0.15, 0.2) is 5.82 Å². The maximum absolute atomic E-state index is 13.1. The zero-order valence-electron chi connectivity index (χ0n) is 21.8. The number of carbonyl (C=O) groups is 2. The number of aromatic nitrogens is 2. The fourth-order valence-electron chi connectivity index (χ4n) is 4.66. The molecule has 1 saturated heterocycles. The van der Waals surface area contributed by atoms with Crippen molar-refractivity contribution in [1.29, 1.82) is 0 Å². The largest absolute Gasteiger partial charge is 0.350 e. The van der Waals surface area contributed by atoms with Crippen molar-refractivity contribution in [2.75, 3.05) is 42.3 Å². The maximum atomic E-state index is 13.1. The first-order valence-electron chi connectivity index (χ1n) is 12.5. The van der Waals surface area contributed by atoms with E-state index < -0.39 is 0 Å². The first-order chi connectivity index (χ1) is 18.3. The monoisotopic (exact) mass is 529 g/mol. The molecule has 0 spiro atoms. The Bertz CT molecular complexity index is 1370. The molecule has 0 bridgehead atoms. The number of amides is 2. The Labute approximate surface area is 227 Å². The third-order valence-corrected chi connectivity index (χ3v) is 7.91. The molecule has 38 heavy (non-hydrogen) atoms. The van der Waals surface area contributed by atoms with E-state index in [9.17, 15) is 9.59 Å². The van der Waals surface area contributed by atoms with Crippen molar-refractivity contribution in [2.45, 2.75) is 30.7 Å². The van der Waals surface area contributed by atoms with Gasteiger partial charge in [0.1, 0.15) is 5.69 Å². The minimum Gasteiger partial charge on any atom is -0.350 e. The SMILES string of the molecule is C=CC(=O)NC1CCN(Sc2ccc(Nc3ncc4c(n3)N(C)c3ccc(C)cc3C(=O)N4C)cc2)CC1. The van der Waals surface area contributed by atoms with Gasteiger partial charge in [-0.3, -0.25) is 9.59 Å². The number of nitrogens with one attached hydrogen (secondary N) is 2. The number of nitrogens with zero attached hydrogens (tertiary/aromatic N) is 5. The van der Waals surface area contributed by atoms with E-state index in [1.807, 2.05) is 49.2 Å². The third kappa shape index (κ3) is 5.36. The highest BCUT2D eigenvalue weighted by Gasteiger charge is 2.29. The number of piperidine rings is 1. The molecular weight excluding hydrogens is 498 g/mol. The quantitative estimate of drug-likeness (QED) is 0.352. The lowest BCUT2D eigenvalue weighted by atomic mass is 10.1. The molecule has 0 aliphatic carbocycles. The number of carbonyl (C=O) groups excluding carboxylic acids is 2. The van der Waals surface area contributed by atoms with Crippen LogP contribution < -0.4 is 20.4 Å². The van der Waals surface area contributed by atoms with Crippen LogP contribution in [0.3, 0.4) is 0 Å². The van der Waals surface area contributed by atoms with Crippen LogP contribution in [0.4, 0.5) is 28.8 Å². The number of fused-ring (bicyclic) bond motifs is 2. The summed E-state index contributed by atoms with van der Waals surface area (Å²) in [6, 6.07) is 14.2. The van der Waals surface area contributed by atoms with Gasteiger partial charge < -0.3 is 20.4 Å². The molecule has 0 atom stereocenters. The molecular formula is C28H31N7O2S. The van der Waals surface area contributed by atoms with Gasteiger partial charge in [-0.15, -0.1) is 0 Å². The molecule has 2 amide bonds. The number of anilines is 5. The molecule has 3 heterocycles. The maximum Gasteiger partial charge on any atom is 0.260 e. The molecule has 2 aliphatic heterocycles. The Morgan fingerprint density at radius 3 is 2.53 bits per heavy atom. The van der Waals surface area contributed by atoms with Gasteiger partial charge in [0, 0.05) is 43.8 Å². The molecule has 0 saturated carbocycles. The van der Waals surface area contributed by atoms with Crippen LogP contribution in [-0.2, 0) is 4.79 Å². The Morgan fingerprint density at radius 1 is 1.08 bits per heavy atom. The molecule has 196 valence electrons. The van der Waals surface area contributed by atoms with E-state index in [0.717, 1.165) is 47.8 Å². The van der Waals surface area contributed by atoms with Gasteiger partial charge >= 0.3 is 0 Å². The molecule has 10 heteroatoms. The molecule has 0 radical (unpaired) electrons. The molecule has 9 nitrogen and oxygen atoms in total. The van der Waals surface area contributed by atoms with Crippen molar-refractivity contribution in [3.8, 4) is 0 Å². The third-order valence-electron chi connectivity index (χ3n) is 6.81. The van der Waals surface area contributed by atoms with E-state index in [0.29, 0.717) is 23.0 Å². The Hall–Kier alpha value is -3.89. The Balaban J connectivity index is 1.26. The highest BCUT2D eigenvalue weighted by molar-refractivity contribution is 7.97. The van der Waals surface area contributed by atoms with E-state index in [1.165, 1.54) is 6.08 Å². The zero-order chi connectivity index (χ0) is 26.8. The van der Waals surface area contributed by atoms with Gasteiger partial charge in [0.05, 0.1) is 17.4 Å². The molecule has 1 aromatic heterocycles. The van der Waals surface area contributed by atoms with Crippen LogP contribution in [0.2, 0.25) is 0 Å². The van der Waals surface area contributed by atoms with E-state index >= 15 is 0 Å².